The van der Waals surface area contributed by atoms with E-state index >= 15 is 0 Å². The highest BCUT2D eigenvalue weighted by Gasteiger charge is 2.56. The maximum absolute atomic E-state index is 14.1. The quantitative estimate of drug-likeness (QED) is 0.103. The zero-order valence-electron chi connectivity index (χ0n) is 25.1. The number of ether oxygens (including phenoxy) is 2. The highest BCUT2D eigenvalue weighted by molar-refractivity contribution is 7.51. The van der Waals surface area contributed by atoms with Crippen LogP contribution in [0.15, 0.2) is 53.8 Å². The van der Waals surface area contributed by atoms with Crippen LogP contribution >= 0.6 is 7.75 Å². The van der Waals surface area contributed by atoms with Crippen LogP contribution in [0, 0.1) is 5.92 Å². The first-order chi connectivity index (χ1) is 21.1. The van der Waals surface area contributed by atoms with Gasteiger partial charge in [0.05, 0.1) is 32.1 Å². The number of rotatable bonds is 16. The van der Waals surface area contributed by atoms with Gasteiger partial charge in [-0.3, -0.25) is 18.8 Å². The number of carbonyl (C=O) groups is 1. The van der Waals surface area contributed by atoms with E-state index in [2.05, 4.69) is 26.9 Å². The number of anilines is 1. The van der Waals surface area contributed by atoms with Crippen LogP contribution in [0.4, 0.5) is 5.82 Å². The lowest BCUT2D eigenvalue weighted by Gasteiger charge is -2.32. The van der Waals surface area contributed by atoms with Crippen molar-refractivity contribution in [3.05, 3.63) is 60.0 Å². The summed E-state index contributed by atoms with van der Waals surface area (Å²) in [5.41, 5.74) is 5.84. The van der Waals surface area contributed by atoms with E-state index in [-0.39, 0.29) is 31.5 Å². The van der Waals surface area contributed by atoms with E-state index in [1.165, 1.54) is 17.8 Å². The van der Waals surface area contributed by atoms with Gasteiger partial charge in [0.2, 0.25) is 0 Å². The number of hydrogen-bond acceptors (Lipinski definition) is 12. The summed E-state index contributed by atoms with van der Waals surface area (Å²) < 4.78 is 38.8. The predicted molar refractivity (Wildman–Crippen MR) is 163 cm³/mol. The van der Waals surface area contributed by atoms with Crippen LogP contribution in [0.2, 0.25) is 0 Å². The van der Waals surface area contributed by atoms with E-state index < -0.39 is 50.3 Å². The number of aromatic nitrogens is 3. The molecule has 1 saturated heterocycles. The number of aliphatic imine (C=N–C) groups is 1. The molecule has 3 heterocycles. The monoisotopic (exact) mass is 632 g/mol. The number of nitrogens with one attached hydrogen (secondary N) is 1. The van der Waals surface area contributed by atoms with Crippen LogP contribution in [0.5, 0.6) is 0 Å². The maximum Gasteiger partial charge on any atom is 0.406 e. The molecule has 0 saturated carbocycles. The molecule has 0 radical (unpaired) electrons. The van der Waals surface area contributed by atoms with E-state index in [9.17, 15) is 19.6 Å². The Morgan fingerprint density at radius 3 is 2.64 bits per heavy atom. The molecule has 0 aliphatic carbocycles. The van der Waals surface area contributed by atoms with Gasteiger partial charge < -0.3 is 25.4 Å². The molecule has 0 bridgehead atoms. The Bertz CT molecular complexity index is 1450. The van der Waals surface area contributed by atoms with Crippen molar-refractivity contribution in [1.29, 1.82) is 0 Å². The first kappa shape index (κ1) is 33.7. The molecule has 44 heavy (non-hydrogen) atoms. The molecular weight excluding hydrogens is 591 g/mol. The van der Waals surface area contributed by atoms with Crippen molar-refractivity contribution in [1.82, 2.24) is 19.7 Å². The van der Waals surface area contributed by atoms with E-state index in [0.717, 1.165) is 12.8 Å². The Morgan fingerprint density at radius 2 is 1.95 bits per heavy atom. The number of nitrogens with two attached hydrogens (primary N) is 1. The lowest BCUT2D eigenvalue weighted by Crippen LogP contribution is -2.49. The Kier molecular flexibility index (Phi) is 11.2. The van der Waals surface area contributed by atoms with Crippen molar-refractivity contribution in [3.8, 4) is 0 Å². The first-order valence-corrected chi connectivity index (χ1v) is 16.0. The third-order valence-electron chi connectivity index (χ3n) is 7.76. The van der Waals surface area contributed by atoms with Crippen LogP contribution in [-0.2, 0) is 34.5 Å². The van der Waals surface area contributed by atoms with Crippen LogP contribution < -0.4 is 10.8 Å². The number of esters is 1. The highest BCUT2D eigenvalue weighted by atomic mass is 31.2. The minimum atomic E-state index is -4.27. The number of hydrogen-bond donors (Lipinski definition) is 4. The number of nitrogens with zero attached hydrogens (tertiary/aromatic N) is 4. The average Bonchev–Trinajstić information content (AvgIpc) is 3.56. The largest absolute Gasteiger partial charge is 0.464 e. The van der Waals surface area contributed by atoms with Gasteiger partial charge >= 0.3 is 13.7 Å². The molecule has 14 nitrogen and oxygen atoms in total. The van der Waals surface area contributed by atoms with Gasteiger partial charge in [-0.05, 0) is 37.3 Å². The van der Waals surface area contributed by atoms with Gasteiger partial charge in [-0.1, -0.05) is 57.0 Å². The van der Waals surface area contributed by atoms with Crippen LogP contribution in [0.1, 0.15) is 51.0 Å². The summed E-state index contributed by atoms with van der Waals surface area (Å²) in [5, 5.41) is 29.2. The van der Waals surface area contributed by atoms with Crippen LogP contribution in [-0.4, -0.2) is 81.1 Å². The second kappa shape index (κ2) is 14.7. The molecule has 0 spiro atoms. The predicted octanol–water partition coefficient (Wildman–Crippen LogP) is 2.84. The molecule has 4 rings (SSSR count). The number of nitrogen functional groups attached to an aromatic ring is 1. The minimum absolute atomic E-state index is 0.112. The summed E-state index contributed by atoms with van der Waals surface area (Å²) in [6.07, 6.45) is -1.14. The number of carbonyl (C=O) groups excluding carboxylic acids is 1. The maximum atomic E-state index is 14.1. The van der Waals surface area contributed by atoms with E-state index in [0.29, 0.717) is 16.8 Å². The van der Waals surface area contributed by atoms with Gasteiger partial charge in [0, 0.05) is 0 Å². The fourth-order valence-corrected chi connectivity index (χ4v) is 6.47. The molecule has 1 fully saturated rings. The molecular formula is C29H41N6O8P. The molecule has 5 N–H and O–H groups in total. The van der Waals surface area contributed by atoms with Crippen LogP contribution in [0.25, 0.3) is 5.52 Å². The third kappa shape index (κ3) is 7.52. The zero-order valence-corrected chi connectivity index (χ0v) is 26.0. The number of aliphatic hydroxyl groups is 2. The van der Waals surface area contributed by atoms with Crippen molar-refractivity contribution in [2.45, 2.75) is 70.2 Å². The average molecular weight is 633 g/mol. The van der Waals surface area contributed by atoms with Crippen molar-refractivity contribution in [3.63, 3.8) is 0 Å². The molecule has 0 amide bonds. The lowest BCUT2D eigenvalue weighted by molar-refractivity contribution is -0.146. The Balaban J connectivity index is 1.55. The molecule has 1 aromatic carbocycles. The standard InChI is InChI=1S/C29H41N6O8P/c1-5-20(6-2)14-40-28(38)19(3)34-44(39,41-15-21-10-8-7-9-11-21)42-17-29(16-31-4)26(37)24(36)25(43-29)22-12-13-23-27(30)32-18-33-35(22)23/h7-13,18-20,24-26,36-37H,4-6,14-17H2,1-3H3,(H,34,39)(H2,30,32,33)/t19-,24-,25-,26-,29+,44?/m0/s1. The van der Waals surface area contributed by atoms with Crippen molar-refractivity contribution in [2.75, 3.05) is 25.5 Å². The van der Waals surface area contributed by atoms with Crippen molar-refractivity contribution in [2.24, 2.45) is 10.9 Å². The van der Waals surface area contributed by atoms with Gasteiger partial charge in [0.1, 0.15) is 41.8 Å². The van der Waals surface area contributed by atoms with Gasteiger partial charge in [-0.15, -0.1) is 0 Å². The zero-order chi connectivity index (χ0) is 31.9. The summed E-state index contributed by atoms with van der Waals surface area (Å²) >= 11 is 0. The van der Waals surface area contributed by atoms with Crippen molar-refractivity contribution < 1.29 is 38.1 Å². The SMILES string of the molecule is C=NC[C@]1(COP(=O)(N[C@@H](C)C(=O)OCC(CC)CC)OCc2ccccc2)O[C@@H](c2ccc3c(N)ncnn23)[C@H](O)[C@@H]1O. The van der Waals surface area contributed by atoms with Crippen molar-refractivity contribution >= 4 is 31.8 Å². The number of fused-ring (bicyclic) bond motifs is 1. The van der Waals surface area contributed by atoms with E-state index in [4.69, 9.17) is 24.3 Å². The summed E-state index contributed by atoms with van der Waals surface area (Å²) in [6.45, 7) is 8.38. The second-order valence-corrected chi connectivity index (χ2v) is 12.6. The molecule has 6 atom stereocenters. The number of aliphatic hydroxyl groups excluding tert-OH is 2. The van der Waals surface area contributed by atoms with E-state index in [1.54, 1.807) is 36.4 Å². The molecule has 15 heteroatoms. The van der Waals surface area contributed by atoms with Gasteiger partial charge in [0.15, 0.2) is 5.82 Å². The summed E-state index contributed by atoms with van der Waals surface area (Å²) in [6, 6.07) is 11.2. The summed E-state index contributed by atoms with van der Waals surface area (Å²) in [7, 11) is -4.27. The van der Waals surface area contributed by atoms with Gasteiger partial charge in [0.25, 0.3) is 0 Å². The van der Waals surface area contributed by atoms with E-state index in [1.807, 2.05) is 19.9 Å². The van der Waals surface area contributed by atoms with Crippen LogP contribution in [0.3, 0.4) is 0 Å². The first-order valence-electron chi connectivity index (χ1n) is 14.5. The molecule has 3 aromatic rings. The fraction of sp³-hybridized carbons (Fsp3) is 0.517. The Hall–Kier alpha value is -3.23. The minimum Gasteiger partial charge on any atom is -0.464 e. The second-order valence-electron chi connectivity index (χ2n) is 10.8. The molecule has 1 aliphatic heterocycles. The molecule has 240 valence electrons. The Morgan fingerprint density at radius 1 is 1.23 bits per heavy atom. The normalized spacial score (nSPS) is 23.9. The highest BCUT2D eigenvalue weighted by Crippen LogP contribution is 2.49. The lowest BCUT2D eigenvalue weighted by atomic mass is 9.95. The number of benzene rings is 1. The topological polar surface area (TPSA) is 192 Å². The molecule has 1 aliphatic rings. The molecule has 1 unspecified atom stereocenters. The third-order valence-corrected chi connectivity index (χ3v) is 9.40. The summed E-state index contributed by atoms with van der Waals surface area (Å²) in [5.74, 6) is -0.201. The smallest absolute Gasteiger partial charge is 0.406 e. The fourth-order valence-electron chi connectivity index (χ4n) is 4.96. The van der Waals surface area contributed by atoms with Gasteiger partial charge in [-0.2, -0.15) is 5.10 Å². The summed E-state index contributed by atoms with van der Waals surface area (Å²) in [4.78, 5) is 20.7. The van der Waals surface area contributed by atoms with Gasteiger partial charge in [-0.25, -0.2) is 19.2 Å². The molecule has 2 aromatic heterocycles. The Labute approximate surface area is 256 Å².